The van der Waals surface area contributed by atoms with Gasteiger partial charge in [0.1, 0.15) is 19.8 Å². The van der Waals surface area contributed by atoms with Crippen molar-refractivity contribution in [1.82, 2.24) is 9.80 Å². The highest BCUT2D eigenvalue weighted by molar-refractivity contribution is 6.66. The van der Waals surface area contributed by atoms with Crippen molar-refractivity contribution in [3.63, 3.8) is 0 Å². The van der Waals surface area contributed by atoms with Crippen LogP contribution in [0.3, 0.4) is 0 Å². The Morgan fingerprint density at radius 2 is 0.703 bits per heavy atom. The summed E-state index contributed by atoms with van der Waals surface area (Å²) in [5.41, 5.74) is 0.735. The molecular formula is C45H81ClN2O16. The van der Waals surface area contributed by atoms with Crippen molar-refractivity contribution in [2.45, 2.75) is 62.3 Å². The minimum atomic E-state index is -0.710. The first kappa shape index (κ1) is 74.0. The zero-order valence-electron chi connectivity index (χ0n) is 40.1. The zero-order valence-corrected chi connectivity index (χ0v) is 40.9. The Labute approximate surface area is 388 Å². The van der Waals surface area contributed by atoms with E-state index in [-0.39, 0.29) is 70.6 Å². The number of carbonyl (C=O) groups excluding carboxylic acids is 6. The lowest BCUT2D eigenvalue weighted by atomic mass is 10.3. The summed E-state index contributed by atoms with van der Waals surface area (Å²) in [6.07, 6.45) is 3.21. The number of carbonyl (C=O) groups is 6. The van der Waals surface area contributed by atoms with E-state index < -0.39 is 35.1 Å². The third-order valence-corrected chi connectivity index (χ3v) is 6.67. The first-order valence-electron chi connectivity index (χ1n) is 20.5. The zero-order chi connectivity index (χ0) is 51.1. The van der Waals surface area contributed by atoms with Crippen LogP contribution >= 0.6 is 11.6 Å². The number of aliphatic hydroxyl groups excluding tert-OH is 3. The van der Waals surface area contributed by atoms with Gasteiger partial charge in [0.15, 0.2) is 0 Å². The number of hydrogen-bond donors (Lipinski definition) is 3. The van der Waals surface area contributed by atoms with Gasteiger partial charge in [-0.05, 0) is 77.7 Å². The highest BCUT2D eigenvalue weighted by Crippen LogP contribution is 1.97. The molecule has 0 amide bonds. The number of nitrogens with zero attached hydrogens (tertiary/aromatic N) is 2. The minimum Gasteiger partial charge on any atom is -0.460 e. The van der Waals surface area contributed by atoms with Crippen LogP contribution in [0.5, 0.6) is 0 Å². The molecule has 3 N–H and O–H groups in total. The average Bonchev–Trinajstić information content (AvgIpc) is 3.28. The number of aliphatic hydroxyl groups is 3. The molecule has 0 aliphatic heterocycles. The average molecular weight is 942 g/mol. The maximum atomic E-state index is 10.9. The molecule has 0 aliphatic rings. The van der Waals surface area contributed by atoms with Gasteiger partial charge in [-0.25, -0.2) is 24.0 Å². The van der Waals surface area contributed by atoms with E-state index in [4.69, 9.17) is 41.1 Å². The fraction of sp³-hybridized carbons (Fsp3) is 0.600. The molecule has 0 radical (unpaired) electrons. The molecule has 0 aromatic carbocycles. The Morgan fingerprint density at radius 3 is 0.906 bits per heavy atom. The van der Waals surface area contributed by atoms with Crippen LogP contribution in [0.2, 0.25) is 0 Å². The second-order valence-electron chi connectivity index (χ2n) is 11.7. The second-order valence-corrected chi connectivity index (χ2v) is 12.0. The molecule has 19 heteroatoms. The van der Waals surface area contributed by atoms with Gasteiger partial charge >= 0.3 is 29.8 Å². The number of hydrogen-bond acceptors (Lipinski definition) is 18. The standard InChI is InChI=1S/C11H16O5.C8H10O3.C7H12O4.2C6H15N.C4H10O3.C3H3ClO/c1-4-10(12)15-7-5-14-6-8-16-11(13)9(2)3;1-5(2)7(9)11-8(10)6(3)4;1-2-7(9)11-6-5-10-4-3-8;2*1-4-7(5-2)6-3;5-1-3-7-4-2-6;1-2-3(4)5/h4H,1-2,5-8H2,3H3;1,3H2,2,4H3;2,8H,1,3-6H2;2*4-6H2,1-3H3;5-6H,1-4H2;2H,1H2. The van der Waals surface area contributed by atoms with Gasteiger partial charge in [-0.3, -0.25) is 4.79 Å². The van der Waals surface area contributed by atoms with Gasteiger partial charge in [0, 0.05) is 28.9 Å². The van der Waals surface area contributed by atoms with Crippen molar-refractivity contribution in [2.24, 2.45) is 0 Å². The molecule has 0 aliphatic carbocycles. The van der Waals surface area contributed by atoms with E-state index in [1.165, 1.54) is 53.1 Å². The van der Waals surface area contributed by atoms with Crippen LogP contribution in [-0.2, 0) is 61.9 Å². The number of halogens is 1. The van der Waals surface area contributed by atoms with Crippen LogP contribution in [0.15, 0.2) is 74.4 Å². The molecule has 0 rings (SSSR count). The Balaban J connectivity index is -0.000000122. The molecule has 0 saturated heterocycles. The van der Waals surface area contributed by atoms with Crippen LogP contribution < -0.4 is 0 Å². The lowest BCUT2D eigenvalue weighted by Gasteiger charge is -2.13. The fourth-order valence-corrected chi connectivity index (χ4v) is 2.94. The van der Waals surface area contributed by atoms with E-state index in [0.717, 1.165) is 18.2 Å². The third-order valence-electron chi connectivity index (χ3n) is 6.52. The van der Waals surface area contributed by atoms with Gasteiger partial charge in [0.25, 0.3) is 0 Å². The van der Waals surface area contributed by atoms with Crippen LogP contribution in [-0.4, -0.2) is 179 Å². The summed E-state index contributed by atoms with van der Waals surface area (Å²) in [5.74, 6) is -2.81. The number of rotatable bonds is 27. The smallest absolute Gasteiger partial charge is 0.340 e. The minimum absolute atomic E-state index is 0.0184. The molecule has 0 aromatic rings. The Morgan fingerprint density at radius 1 is 0.453 bits per heavy atom. The number of esters is 5. The van der Waals surface area contributed by atoms with E-state index in [9.17, 15) is 28.8 Å². The summed E-state index contributed by atoms with van der Waals surface area (Å²) in [4.78, 5) is 67.4. The molecule has 0 atom stereocenters. The van der Waals surface area contributed by atoms with Gasteiger partial charge in [-0.1, -0.05) is 81.0 Å². The van der Waals surface area contributed by atoms with E-state index >= 15 is 0 Å². The normalized spacial score (nSPS) is 9.17. The van der Waals surface area contributed by atoms with Crippen molar-refractivity contribution < 1.29 is 77.2 Å². The van der Waals surface area contributed by atoms with Crippen molar-refractivity contribution in [1.29, 1.82) is 0 Å². The highest BCUT2D eigenvalue weighted by atomic mass is 35.5. The maximum Gasteiger partial charge on any atom is 0.340 e. The SMILES string of the molecule is C=C(C)C(=O)OC(=O)C(=C)C.C=CC(=O)Cl.C=CC(=O)OCCOCCO.C=CC(=O)OCCOCCOC(=O)C(=C)C.CCN(CC)CC.CCN(CC)CC.OCCOCCO. The summed E-state index contributed by atoms with van der Waals surface area (Å²) < 4.78 is 32.8. The van der Waals surface area contributed by atoms with E-state index in [2.05, 4.69) is 110 Å². The molecule has 0 bridgehead atoms. The summed E-state index contributed by atoms with van der Waals surface area (Å²) in [6.45, 7) is 46.6. The Hall–Kier alpha value is -4.37. The third kappa shape index (κ3) is 72.1. The molecule has 0 aromatic heterocycles. The molecular weight excluding hydrogens is 860 g/mol. The summed E-state index contributed by atoms with van der Waals surface area (Å²) in [6, 6.07) is 0. The first-order chi connectivity index (χ1) is 30.2. The topological polar surface area (TPSA) is 234 Å². The quantitative estimate of drug-likeness (QED) is 0.0258. The van der Waals surface area contributed by atoms with Crippen LogP contribution in [0.4, 0.5) is 0 Å². The molecule has 0 unspecified atom stereocenters. The predicted molar refractivity (Wildman–Crippen MR) is 251 cm³/mol. The van der Waals surface area contributed by atoms with Gasteiger partial charge in [0.2, 0.25) is 5.24 Å². The van der Waals surface area contributed by atoms with Crippen molar-refractivity contribution in [3.8, 4) is 0 Å². The Bertz CT molecular complexity index is 1200. The number of allylic oxidation sites excluding steroid dienone is 1. The van der Waals surface area contributed by atoms with Gasteiger partial charge in [0.05, 0.1) is 59.5 Å². The second kappa shape index (κ2) is 60.7. The van der Waals surface area contributed by atoms with E-state index in [0.29, 0.717) is 25.4 Å². The van der Waals surface area contributed by atoms with Crippen LogP contribution in [0.25, 0.3) is 0 Å². The van der Waals surface area contributed by atoms with Crippen molar-refractivity contribution in [3.05, 3.63) is 74.4 Å². The fourth-order valence-electron chi connectivity index (χ4n) is 2.94. The van der Waals surface area contributed by atoms with Crippen LogP contribution in [0.1, 0.15) is 62.3 Å². The largest absolute Gasteiger partial charge is 0.460 e. The lowest BCUT2D eigenvalue weighted by molar-refractivity contribution is -0.154. The summed E-state index contributed by atoms with van der Waals surface area (Å²) in [5, 5.41) is 23.9. The maximum absolute atomic E-state index is 10.9. The lowest BCUT2D eigenvalue weighted by Crippen LogP contribution is -2.21. The number of ether oxygens (including phenoxy) is 7. The van der Waals surface area contributed by atoms with E-state index in [1.807, 2.05) is 0 Å². The molecule has 18 nitrogen and oxygen atoms in total. The Kier molecular flexibility index (Phi) is 70.2. The molecule has 374 valence electrons. The molecule has 64 heavy (non-hydrogen) atoms. The highest BCUT2D eigenvalue weighted by Gasteiger charge is 2.10. The first-order valence-corrected chi connectivity index (χ1v) is 20.9. The van der Waals surface area contributed by atoms with E-state index in [1.54, 1.807) is 6.92 Å². The van der Waals surface area contributed by atoms with Crippen molar-refractivity contribution in [2.75, 3.05) is 119 Å². The molecule has 0 heterocycles. The summed E-state index contributed by atoms with van der Waals surface area (Å²) in [7, 11) is 0. The molecule has 0 fully saturated rings. The summed E-state index contributed by atoms with van der Waals surface area (Å²) >= 11 is 4.71. The van der Waals surface area contributed by atoms with Crippen LogP contribution in [0, 0.1) is 0 Å². The van der Waals surface area contributed by atoms with Crippen molar-refractivity contribution >= 4 is 46.7 Å². The molecule has 0 spiro atoms. The van der Waals surface area contributed by atoms with Gasteiger partial charge < -0.3 is 58.3 Å². The van der Waals surface area contributed by atoms with Gasteiger partial charge in [-0.2, -0.15) is 0 Å². The van der Waals surface area contributed by atoms with Gasteiger partial charge in [-0.15, -0.1) is 0 Å². The molecule has 0 saturated carbocycles. The predicted octanol–water partition coefficient (Wildman–Crippen LogP) is 4.41. The monoisotopic (exact) mass is 941 g/mol.